The zero-order valence-electron chi connectivity index (χ0n) is 16.2. The molecule has 2 atom stereocenters. The number of benzene rings is 2. The number of carbonyl (C=O) groups is 2. The number of esters is 1. The summed E-state index contributed by atoms with van der Waals surface area (Å²) in [6.07, 6.45) is 1.85. The number of carbonyl (C=O) groups excluding carboxylic acids is 2. The molecule has 0 heterocycles. The van der Waals surface area contributed by atoms with Gasteiger partial charge in [0.1, 0.15) is 11.7 Å². The topological polar surface area (TPSA) is 95.7 Å². The van der Waals surface area contributed by atoms with Crippen molar-refractivity contribution < 1.29 is 24.0 Å². The van der Waals surface area contributed by atoms with Gasteiger partial charge in [-0.15, -0.1) is 0 Å². The van der Waals surface area contributed by atoms with Crippen LogP contribution in [0.25, 0.3) is 5.57 Å². The van der Waals surface area contributed by atoms with E-state index in [1.165, 1.54) is 18.2 Å². The monoisotopic (exact) mass is 395 g/mol. The molecule has 0 unspecified atom stereocenters. The molecule has 0 spiro atoms. The lowest BCUT2D eigenvalue weighted by Gasteiger charge is -2.29. The molecule has 3 rings (SSSR count). The van der Waals surface area contributed by atoms with Crippen LogP contribution in [-0.2, 0) is 14.3 Å². The molecule has 29 heavy (non-hydrogen) atoms. The lowest BCUT2D eigenvalue weighted by Crippen LogP contribution is -2.34. The summed E-state index contributed by atoms with van der Waals surface area (Å²) >= 11 is 0. The number of allylic oxidation sites excluding steroid dienone is 2. The van der Waals surface area contributed by atoms with Crippen molar-refractivity contribution in [2.45, 2.75) is 19.3 Å². The highest BCUT2D eigenvalue weighted by molar-refractivity contribution is 6.10. The summed E-state index contributed by atoms with van der Waals surface area (Å²) in [6.45, 7) is 1.82. The minimum Gasteiger partial charge on any atom is -0.497 e. The zero-order chi connectivity index (χ0) is 21.0. The molecule has 0 amide bonds. The van der Waals surface area contributed by atoms with Crippen LogP contribution in [-0.4, -0.2) is 30.4 Å². The maximum atomic E-state index is 12.9. The Morgan fingerprint density at radius 3 is 2.55 bits per heavy atom. The number of ether oxygens (including phenoxy) is 2. The molecule has 150 valence electrons. The van der Waals surface area contributed by atoms with E-state index in [2.05, 4.69) is 0 Å². The van der Waals surface area contributed by atoms with E-state index in [1.54, 1.807) is 38.3 Å². The van der Waals surface area contributed by atoms with Gasteiger partial charge < -0.3 is 9.47 Å². The van der Waals surface area contributed by atoms with Crippen LogP contribution in [0.5, 0.6) is 5.75 Å². The molecule has 0 aromatic heterocycles. The molecule has 0 radical (unpaired) electrons. The zero-order valence-corrected chi connectivity index (χ0v) is 16.2. The smallest absolute Gasteiger partial charge is 0.317 e. The highest BCUT2D eigenvalue weighted by atomic mass is 16.6. The predicted molar refractivity (Wildman–Crippen MR) is 107 cm³/mol. The van der Waals surface area contributed by atoms with Gasteiger partial charge in [-0.3, -0.25) is 19.7 Å². The summed E-state index contributed by atoms with van der Waals surface area (Å²) in [5, 5.41) is 11.2. The molecule has 0 bridgehead atoms. The summed E-state index contributed by atoms with van der Waals surface area (Å²) in [6, 6.07) is 13.3. The first-order valence-corrected chi connectivity index (χ1v) is 9.24. The van der Waals surface area contributed by atoms with Gasteiger partial charge in [-0.25, -0.2) is 0 Å². The second-order valence-corrected chi connectivity index (χ2v) is 6.69. The summed E-state index contributed by atoms with van der Waals surface area (Å²) in [7, 11) is 1.57. The summed E-state index contributed by atoms with van der Waals surface area (Å²) < 4.78 is 10.3. The summed E-state index contributed by atoms with van der Waals surface area (Å²) in [4.78, 5) is 36.1. The number of non-ortho nitro benzene ring substituents is 1. The molecule has 7 heteroatoms. The second kappa shape index (κ2) is 8.68. The van der Waals surface area contributed by atoms with Crippen molar-refractivity contribution in [2.24, 2.45) is 5.92 Å². The summed E-state index contributed by atoms with van der Waals surface area (Å²) in [5.74, 6) is -1.87. The molecule has 0 saturated heterocycles. The number of hydrogen-bond acceptors (Lipinski definition) is 6. The molecule has 0 N–H and O–H groups in total. The lowest BCUT2D eigenvalue weighted by atomic mass is 9.73. The van der Waals surface area contributed by atoms with Crippen molar-refractivity contribution in [3.63, 3.8) is 0 Å². The Kier molecular flexibility index (Phi) is 6.07. The van der Waals surface area contributed by atoms with Gasteiger partial charge in [-0.2, -0.15) is 0 Å². The number of ketones is 1. The first-order chi connectivity index (χ1) is 13.9. The van der Waals surface area contributed by atoms with Gasteiger partial charge in [0.15, 0.2) is 5.78 Å². The molecule has 0 saturated carbocycles. The van der Waals surface area contributed by atoms with E-state index in [0.29, 0.717) is 17.7 Å². The van der Waals surface area contributed by atoms with E-state index in [4.69, 9.17) is 9.47 Å². The van der Waals surface area contributed by atoms with Crippen LogP contribution >= 0.6 is 0 Å². The van der Waals surface area contributed by atoms with Crippen molar-refractivity contribution in [3.8, 4) is 5.75 Å². The molecule has 1 aliphatic rings. The quantitative estimate of drug-likeness (QED) is 0.318. The van der Waals surface area contributed by atoms with E-state index in [1.807, 2.05) is 12.1 Å². The maximum absolute atomic E-state index is 12.9. The van der Waals surface area contributed by atoms with Crippen molar-refractivity contribution in [1.82, 2.24) is 0 Å². The number of nitrogens with zero attached hydrogens (tertiary/aromatic N) is 1. The Balaban J connectivity index is 2.03. The third-order valence-electron chi connectivity index (χ3n) is 4.98. The predicted octanol–water partition coefficient (Wildman–Crippen LogP) is 3.92. The highest BCUT2D eigenvalue weighted by Crippen LogP contribution is 2.41. The number of hydrogen-bond donors (Lipinski definition) is 0. The Hall–Kier alpha value is -3.48. The minimum absolute atomic E-state index is 0.0851. The van der Waals surface area contributed by atoms with E-state index < -0.39 is 22.7 Å². The SMILES string of the molecule is CCOC(=O)[C@H]1C(=O)C=C(c2ccc(OC)cc2)C[C@H]1c1cccc([N+](=O)[O-])c1. The number of methoxy groups -OCH3 is 1. The Labute approximate surface area is 168 Å². The Morgan fingerprint density at radius 2 is 1.93 bits per heavy atom. The van der Waals surface area contributed by atoms with Crippen LogP contribution in [0, 0.1) is 16.0 Å². The standard InChI is InChI=1S/C22H21NO6/c1-3-29-22(25)21-19(15-5-4-6-17(11-15)23(26)27)12-16(13-20(21)24)14-7-9-18(28-2)10-8-14/h4-11,13,19,21H,3,12H2,1-2H3/t19-,21+/m0/s1. The number of rotatable bonds is 6. The van der Waals surface area contributed by atoms with E-state index in [-0.39, 0.29) is 18.1 Å². The maximum Gasteiger partial charge on any atom is 0.317 e. The fourth-order valence-corrected chi connectivity index (χ4v) is 3.57. The second-order valence-electron chi connectivity index (χ2n) is 6.69. The molecule has 2 aromatic rings. The van der Waals surface area contributed by atoms with Crippen LogP contribution in [0.2, 0.25) is 0 Å². The number of nitro groups is 1. The number of nitro benzene ring substituents is 1. The summed E-state index contributed by atoms with van der Waals surface area (Å²) in [5.41, 5.74) is 2.06. The van der Waals surface area contributed by atoms with Gasteiger partial charge in [0, 0.05) is 18.1 Å². The average Bonchev–Trinajstić information content (AvgIpc) is 2.73. The molecule has 0 aliphatic heterocycles. The van der Waals surface area contributed by atoms with Gasteiger partial charge in [-0.05, 0) is 48.3 Å². The van der Waals surface area contributed by atoms with E-state index in [0.717, 1.165) is 11.1 Å². The normalized spacial score (nSPS) is 18.7. The Bertz CT molecular complexity index is 964. The Morgan fingerprint density at radius 1 is 1.21 bits per heavy atom. The first kappa shape index (κ1) is 20.3. The largest absolute Gasteiger partial charge is 0.497 e. The molecule has 2 aromatic carbocycles. The van der Waals surface area contributed by atoms with Gasteiger partial charge >= 0.3 is 5.97 Å². The van der Waals surface area contributed by atoms with E-state index in [9.17, 15) is 19.7 Å². The van der Waals surface area contributed by atoms with Crippen LogP contribution in [0.3, 0.4) is 0 Å². The van der Waals surface area contributed by atoms with Crippen LogP contribution < -0.4 is 4.74 Å². The van der Waals surface area contributed by atoms with Gasteiger partial charge in [0.2, 0.25) is 0 Å². The highest BCUT2D eigenvalue weighted by Gasteiger charge is 2.40. The van der Waals surface area contributed by atoms with Crippen LogP contribution in [0.4, 0.5) is 5.69 Å². The van der Waals surface area contributed by atoms with Crippen molar-refractivity contribution >= 4 is 23.0 Å². The third-order valence-corrected chi connectivity index (χ3v) is 4.98. The van der Waals surface area contributed by atoms with Gasteiger partial charge in [-0.1, -0.05) is 24.3 Å². The third kappa shape index (κ3) is 4.34. The average molecular weight is 395 g/mol. The lowest BCUT2D eigenvalue weighted by molar-refractivity contribution is -0.384. The van der Waals surface area contributed by atoms with E-state index >= 15 is 0 Å². The fourth-order valence-electron chi connectivity index (χ4n) is 3.57. The molecular formula is C22H21NO6. The van der Waals surface area contributed by atoms with Crippen molar-refractivity contribution in [2.75, 3.05) is 13.7 Å². The van der Waals surface area contributed by atoms with Gasteiger partial charge in [0.05, 0.1) is 18.6 Å². The molecule has 0 fully saturated rings. The van der Waals surface area contributed by atoms with Crippen LogP contribution in [0.1, 0.15) is 30.4 Å². The van der Waals surface area contributed by atoms with Crippen LogP contribution in [0.15, 0.2) is 54.6 Å². The molecular weight excluding hydrogens is 374 g/mol. The minimum atomic E-state index is -1.03. The van der Waals surface area contributed by atoms with Crippen molar-refractivity contribution in [1.29, 1.82) is 0 Å². The molecule has 1 aliphatic carbocycles. The van der Waals surface area contributed by atoms with Gasteiger partial charge in [0.25, 0.3) is 5.69 Å². The first-order valence-electron chi connectivity index (χ1n) is 9.24. The fraction of sp³-hybridized carbons (Fsp3) is 0.273. The van der Waals surface area contributed by atoms with Crippen molar-refractivity contribution in [3.05, 3.63) is 75.8 Å². The molecule has 7 nitrogen and oxygen atoms in total.